The minimum atomic E-state index is -0.793. The molecule has 2 unspecified atom stereocenters. The van der Waals surface area contributed by atoms with Crippen molar-refractivity contribution in [2.75, 3.05) is 7.11 Å². The van der Waals surface area contributed by atoms with Gasteiger partial charge in [0.25, 0.3) is 0 Å². The second kappa shape index (κ2) is 9.31. The first-order chi connectivity index (χ1) is 18.0. The van der Waals surface area contributed by atoms with Crippen LogP contribution in [0.5, 0.6) is 0 Å². The Hall–Kier alpha value is -1.40. The van der Waals surface area contributed by atoms with Gasteiger partial charge < -0.3 is 19.1 Å². The molecule has 0 bridgehead atoms. The molecule has 0 radical (unpaired) electrons. The Kier molecular flexibility index (Phi) is 6.94. The van der Waals surface area contributed by atoms with Gasteiger partial charge in [-0.2, -0.15) is 0 Å². The van der Waals surface area contributed by atoms with Crippen molar-refractivity contribution in [2.45, 2.75) is 137 Å². The van der Waals surface area contributed by atoms with Gasteiger partial charge in [0.1, 0.15) is 5.76 Å². The first kappa shape index (κ1) is 29.1. The highest BCUT2D eigenvalue weighted by molar-refractivity contribution is 5.76. The minimum Gasteiger partial charge on any atom is -0.469 e. The van der Waals surface area contributed by atoms with Gasteiger partial charge in [-0.25, -0.2) is 0 Å². The molecule has 4 aliphatic rings. The van der Waals surface area contributed by atoms with Crippen molar-refractivity contribution >= 4 is 5.97 Å². The zero-order valence-electron chi connectivity index (χ0n) is 26.0. The first-order valence-corrected chi connectivity index (χ1v) is 15.4. The molecule has 6 nitrogen and oxygen atoms in total. The third-order valence-corrected chi connectivity index (χ3v) is 13.3. The number of hydrogen-bond donors (Lipinski definition) is 1. The standard InChI is InChI=1S/C33H53NO5/c1-21-31(7,14-17-33(27(36)37-9)15-12-28(2,3)13-16-33)32(8)11-10-23-29(4,5)26-22(20-34-39-26)19-30(23,6)24(32)18-25(35)38-21/h20-21,23-25,35H,10-19H2,1-9H3/t21?,23-,24+,25?,30-,31+,32+/m0/s1. The van der Waals surface area contributed by atoms with Crippen molar-refractivity contribution in [2.24, 2.45) is 38.9 Å². The molecule has 6 heteroatoms. The van der Waals surface area contributed by atoms with Crippen LogP contribution in [0.15, 0.2) is 10.7 Å². The summed E-state index contributed by atoms with van der Waals surface area (Å²) in [6.45, 7) is 18.7. The first-order valence-electron chi connectivity index (χ1n) is 15.4. The van der Waals surface area contributed by atoms with Crippen LogP contribution in [0.2, 0.25) is 0 Å². The molecule has 0 amide bonds. The molecule has 2 saturated carbocycles. The van der Waals surface area contributed by atoms with Gasteiger partial charge in [-0.05, 0) is 98.2 Å². The monoisotopic (exact) mass is 543 g/mol. The lowest BCUT2D eigenvalue weighted by Gasteiger charge is -2.65. The molecular weight excluding hydrogens is 490 g/mol. The molecule has 220 valence electrons. The summed E-state index contributed by atoms with van der Waals surface area (Å²) in [5, 5.41) is 15.5. The van der Waals surface area contributed by atoms with Crippen molar-refractivity contribution in [1.29, 1.82) is 0 Å². The van der Waals surface area contributed by atoms with Gasteiger partial charge in [0.05, 0.1) is 24.8 Å². The summed E-state index contributed by atoms with van der Waals surface area (Å²) < 4.78 is 17.7. The summed E-state index contributed by atoms with van der Waals surface area (Å²) >= 11 is 0. The molecule has 7 atom stereocenters. The van der Waals surface area contributed by atoms with Crippen LogP contribution in [0, 0.1) is 38.9 Å². The zero-order valence-corrected chi connectivity index (χ0v) is 26.0. The van der Waals surface area contributed by atoms with Crippen molar-refractivity contribution in [3.8, 4) is 0 Å². The number of nitrogens with zero attached hydrogens (tertiary/aromatic N) is 1. The maximum Gasteiger partial charge on any atom is 0.311 e. The zero-order chi connectivity index (χ0) is 28.6. The van der Waals surface area contributed by atoms with E-state index in [1.165, 1.54) is 5.56 Å². The Morgan fingerprint density at radius 2 is 1.69 bits per heavy atom. The topological polar surface area (TPSA) is 81.8 Å². The molecule has 1 saturated heterocycles. The Morgan fingerprint density at radius 3 is 2.33 bits per heavy atom. The minimum absolute atomic E-state index is 0.0282. The van der Waals surface area contributed by atoms with E-state index in [-0.39, 0.29) is 45.1 Å². The van der Waals surface area contributed by atoms with Gasteiger partial charge in [-0.3, -0.25) is 4.79 Å². The molecule has 5 rings (SSSR count). The molecule has 0 spiro atoms. The lowest BCUT2D eigenvalue weighted by Crippen LogP contribution is -2.61. The number of fused-ring (bicyclic) bond motifs is 4. The highest BCUT2D eigenvalue weighted by Gasteiger charge is 2.67. The number of aliphatic hydroxyl groups excluding tert-OH is 1. The summed E-state index contributed by atoms with van der Waals surface area (Å²) in [5.74, 6) is 1.68. The van der Waals surface area contributed by atoms with Crippen LogP contribution in [0.4, 0.5) is 0 Å². The molecule has 1 aromatic heterocycles. The van der Waals surface area contributed by atoms with Gasteiger partial charge >= 0.3 is 5.97 Å². The Morgan fingerprint density at radius 1 is 1.03 bits per heavy atom. The fourth-order valence-electron chi connectivity index (χ4n) is 10.3. The van der Waals surface area contributed by atoms with Crippen molar-refractivity contribution < 1.29 is 23.9 Å². The lowest BCUT2D eigenvalue weighted by molar-refractivity contribution is -0.179. The van der Waals surface area contributed by atoms with Crippen LogP contribution in [0.25, 0.3) is 0 Å². The Labute approximate surface area is 236 Å². The summed E-state index contributed by atoms with van der Waals surface area (Å²) in [5.41, 5.74) is 0.620. The van der Waals surface area contributed by atoms with E-state index in [4.69, 9.17) is 14.0 Å². The number of carbonyl (C=O) groups excluding carboxylic acids is 1. The summed E-state index contributed by atoms with van der Waals surface area (Å²) in [6.07, 6.45) is 10.3. The number of rotatable bonds is 4. The van der Waals surface area contributed by atoms with E-state index in [9.17, 15) is 9.90 Å². The number of hydrogen-bond acceptors (Lipinski definition) is 6. The van der Waals surface area contributed by atoms with E-state index in [0.717, 1.165) is 63.5 Å². The van der Waals surface area contributed by atoms with Crippen LogP contribution in [0.1, 0.15) is 125 Å². The highest BCUT2D eigenvalue weighted by Crippen LogP contribution is 2.70. The van der Waals surface area contributed by atoms with E-state index in [1.807, 2.05) is 6.20 Å². The fraction of sp³-hybridized carbons (Fsp3) is 0.879. The van der Waals surface area contributed by atoms with Gasteiger partial charge in [0.15, 0.2) is 6.29 Å². The number of aromatic nitrogens is 1. The molecule has 3 fully saturated rings. The number of methoxy groups -OCH3 is 1. The Bertz CT molecular complexity index is 1080. The molecule has 0 aromatic carbocycles. The number of aliphatic hydroxyl groups is 1. The van der Waals surface area contributed by atoms with Crippen LogP contribution in [0.3, 0.4) is 0 Å². The van der Waals surface area contributed by atoms with Gasteiger partial charge in [-0.15, -0.1) is 0 Å². The number of esters is 1. The maximum atomic E-state index is 13.3. The molecule has 2 heterocycles. The average Bonchev–Trinajstić information content (AvgIpc) is 3.31. The van der Waals surface area contributed by atoms with Crippen LogP contribution in [-0.4, -0.2) is 35.7 Å². The predicted molar refractivity (Wildman–Crippen MR) is 151 cm³/mol. The summed E-state index contributed by atoms with van der Waals surface area (Å²) in [4.78, 5) is 13.3. The highest BCUT2D eigenvalue weighted by atomic mass is 16.6. The fourth-order valence-corrected chi connectivity index (χ4v) is 10.3. The van der Waals surface area contributed by atoms with Crippen molar-refractivity contribution in [3.63, 3.8) is 0 Å². The van der Waals surface area contributed by atoms with Crippen LogP contribution >= 0.6 is 0 Å². The Balaban J connectivity index is 1.53. The smallest absolute Gasteiger partial charge is 0.311 e. The largest absolute Gasteiger partial charge is 0.469 e. The third-order valence-electron chi connectivity index (χ3n) is 13.3. The van der Waals surface area contributed by atoms with E-state index in [0.29, 0.717) is 12.3 Å². The molecule has 1 aromatic rings. The van der Waals surface area contributed by atoms with E-state index in [2.05, 4.69) is 60.5 Å². The average molecular weight is 544 g/mol. The predicted octanol–water partition coefficient (Wildman–Crippen LogP) is 7.22. The lowest BCUT2D eigenvalue weighted by atomic mass is 9.38. The van der Waals surface area contributed by atoms with E-state index in [1.54, 1.807) is 7.11 Å². The summed E-state index contributed by atoms with van der Waals surface area (Å²) in [7, 11) is 1.54. The van der Waals surface area contributed by atoms with Crippen molar-refractivity contribution in [3.05, 3.63) is 17.5 Å². The van der Waals surface area contributed by atoms with Gasteiger partial charge in [0, 0.05) is 17.4 Å². The molecular formula is C33H53NO5. The molecule has 1 aliphatic heterocycles. The van der Waals surface area contributed by atoms with E-state index < -0.39 is 11.7 Å². The SMILES string of the molecule is COC(=O)C1(CC[C@]2(C)C(C)OC(O)C[C@@H]3[C@@]4(C)Cc5cnoc5C(C)(C)[C@@H]4CC[C@]32C)CCC(C)(C)CC1. The van der Waals surface area contributed by atoms with Gasteiger partial charge in [0.2, 0.25) is 0 Å². The number of ether oxygens (including phenoxy) is 2. The van der Waals surface area contributed by atoms with Crippen LogP contribution in [-0.2, 0) is 26.1 Å². The molecule has 3 aliphatic carbocycles. The van der Waals surface area contributed by atoms with Crippen LogP contribution < -0.4 is 0 Å². The van der Waals surface area contributed by atoms with Crippen molar-refractivity contribution in [1.82, 2.24) is 5.16 Å². The molecule has 39 heavy (non-hydrogen) atoms. The quantitative estimate of drug-likeness (QED) is 0.404. The second-order valence-corrected chi connectivity index (χ2v) is 16.0. The third kappa shape index (κ3) is 4.24. The van der Waals surface area contributed by atoms with E-state index >= 15 is 0 Å². The van der Waals surface area contributed by atoms with Gasteiger partial charge in [-0.1, -0.05) is 53.6 Å². The normalized spacial score (nSPS) is 42.4. The maximum absolute atomic E-state index is 13.3. The summed E-state index contributed by atoms with van der Waals surface area (Å²) in [6, 6.07) is 0. The second-order valence-electron chi connectivity index (χ2n) is 16.0. The number of carbonyl (C=O) groups is 1. The molecule has 1 N–H and O–H groups in total.